The second-order valence-electron chi connectivity index (χ2n) is 5.86. The Bertz CT molecular complexity index is 775. The monoisotopic (exact) mass is 386 g/mol. The van der Waals surface area contributed by atoms with Crippen LogP contribution in [0.2, 0.25) is 0 Å². The molecule has 124 valence electrons. The lowest BCUT2D eigenvalue weighted by Crippen LogP contribution is -2.28. The first-order valence-electron chi connectivity index (χ1n) is 8.03. The van der Waals surface area contributed by atoms with E-state index >= 15 is 0 Å². The molecule has 0 aromatic heterocycles. The predicted octanol–water partition coefficient (Wildman–Crippen LogP) is 4.00. The summed E-state index contributed by atoms with van der Waals surface area (Å²) in [4.78, 5) is 26.6. The number of rotatable bonds is 4. The summed E-state index contributed by atoms with van der Waals surface area (Å²) >= 11 is 3.47. The van der Waals surface area contributed by atoms with Gasteiger partial charge in [0.1, 0.15) is 0 Å². The van der Waals surface area contributed by atoms with Crippen LogP contribution in [0.3, 0.4) is 0 Å². The fraction of sp³-hybridized carbons (Fsp3) is 0.263. The molecule has 24 heavy (non-hydrogen) atoms. The molecule has 1 N–H and O–H groups in total. The lowest BCUT2D eigenvalue weighted by atomic mass is 10.1. The molecule has 2 aromatic carbocycles. The summed E-state index contributed by atoms with van der Waals surface area (Å²) in [5.74, 6) is -0.459. The Labute approximate surface area is 150 Å². The Balaban J connectivity index is 1.74. The molecule has 2 aromatic rings. The Morgan fingerprint density at radius 3 is 2.67 bits per heavy atom. The van der Waals surface area contributed by atoms with E-state index in [9.17, 15) is 9.59 Å². The van der Waals surface area contributed by atoms with Crippen LogP contribution in [0, 0.1) is 5.92 Å². The predicted molar refractivity (Wildman–Crippen MR) is 99.1 cm³/mol. The molecule has 0 unspecified atom stereocenters. The molecule has 1 fully saturated rings. The molecule has 1 aliphatic heterocycles. The number of nitrogens with one attached hydrogen (secondary N) is 1. The average Bonchev–Trinajstić information content (AvgIpc) is 2.97. The van der Waals surface area contributed by atoms with Crippen molar-refractivity contribution >= 4 is 39.1 Å². The fourth-order valence-corrected chi connectivity index (χ4v) is 3.47. The number of nitrogens with zero attached hydrogens (tertiary/aromatic N) is 1. The van der Waals surface area contributed by atoms with Crippen molar-refractivity contribution in [3.8, 4) is 0 Å². The normalized spacial score (nSPS) is 17.2. The second-order valence-corrected chi connectivity index (χ2v) is 6.71. The quantitative estimate of drug-likeness (QED) is 0.862. The maximum atomic E-state index is 12.6. The summed E-state index contributed by atoms with van der Waals surface area (Å²) < 4.78 is 0.857. The van der Waals surface area contributed by atoms with Crippen molar-refractivity contribution in [2.75, 3.05) is 16.8 Å². The van der Waals surface area contributed by atoms with Gasteiger partial charge in [-0.3, -0.25) is 9.59 Å². The van der Waals surface area contributed by atoms with Gasteiger partial charge in [0.15, 0.2) is 0 Å². The molecule has 0 saturated carbocycles. The summed E-state index contributed by atoms with van der Waals surface area (Å²) in [6.07, 6.45) is 1.09. The van der Waals surface area contributed by atoms with Crippen molar-refractivity contribution in [1.29, 1.82) is 0 Å². The Morgan fingerprint density at radius 2 is 1.92 bits per heavy atom. The Hall–Kier alpha value is -2.14. The number of amides is 2. The van der Waals surface area contributed by atoms with Gasteiger partial charge in [0.25, 0.3) is 0 Å². The van der Waals surface area contributed by atoms with Gasteiger partial charge in [-0.2, -0.15) is 0 Å². The highest BCUT2D eigenvalue weighted by atomic mass is 79.9. The lowest BCUT2D eigenvalue weighted by molar-refractivity contribution is -0.122. The molecular weight excluding hydrogens is 368 g/mol. The van der Waals surface area contributed by atoms with Gasteiger partial charge >= 0.3 is 0 Å². The van der Waals surface area contributed by atoms with Gasteiger partial charge in [-0.05, 0) is 46.1 Å². The maximum absolute atomic E-state index is 12.6. The van der Waals surface area contributed by atoms with Gasteiger partial charge in [-0.15, -0.1) is 0 Å². The largest absolute Gasteiger partial charge is 0.326 e. The molecule has 0 bridgehead atoms. The van der Waals surface area contributed by atoms with Crippen molar-refractivity contribution in [3.63, 3.8) is 0 Å². The number of hydrogen-bond acceptors (Lipinski definition) is 2. The number of aryl methyl sites for hydroxylation is 1. The van der Waals surface area contributed by atoms with E-state index in [2.05, 4.69) is 28.2 Å². The van der Waals surface area contributed by atoms with Gasteiger partial charge < -0.3 is 10.2 Å². The van der Waals surface area contributed by atoms with Gasteiger partial charge in [0, 0.05) is 23.1 Å². The van der Waals surface area contributed by atoms with Crippen molar-refractivity contribution in [1.82, 2.24) is 0 Å². The molecule has 4 nitrogen and oxygen atoms in total. The van der Waals surface area contributed by atoms with Crippen LogP contribution < -0.4 is 10.2 Å². The van der Waals surface area contributed by atoms with E-state index < -0.39 is 0 Å². The average molecular weight is 387 g/mol. The van der Waals surface area contributed by atoms with Crippen LogP contribution in [0.4, 0.5) is 11.4 Å². The van der Waals surface area contributed by atoms with Crippen molar-refractivity contribution in [2.24, 2.45) is 5.92 Å². The summed E-state index contributed by atoms with van der Waals surface area (Å²) in [5.41, 5.74) is 2.74. The molecule has 5 heteroatoms. The van der Waals surface area contributed by atoms with E-state index in [0.717, 1.165) is 27.8 Å². The fourth-order valence-electron chi connectivity index (χ4n) is 2.97. The number of benzene rings is 2. The van der Waals surface area contributed by atoms with Crippen molar-refractivity contribution in [3.05, 3.63) is 58.6 Å². The molecule has 2 amide bonds. The SMILES string of the molecule is CCc1ccccc1NC(=O)[C@H]1CC(=O)N(c2ccccc2Br)C1. The van der Waals surface area contributed by atoms with Gasteiger partial charge in [-0.25, -0.2) is 0 Å². The van der Waals surface area contributed by atoms with Crippen LogP contribution in [0.1, 0.15) is 18.9 Å². The molecular formula is C19H19BrN2O2. The standard InChI is InChI=1S/C19H19BrN2O2/c1-2-13-7-3-5-9-16(13)21-19(24)14-11-18(23)22(12-14)17-10-6-4-8-15(17)20/h3-10,14H,2,11-12H2,1H3,(H,21,24)/t14-/m0/s1. The minimum Gasteiger partial charge on any atom is -0.326 e. The van der Waals surface area contributed by atoms with Gasteiger partial charge in [0.05, 0.1) is 11.6 Å². The number of anilines is 2. The minimum absolute atomic E-state index is 0.0224. The lowest BCUT2D eigenvalue weighted by Gasteiger charge is -2.18. The summed E-state index contributed by atoms with van der Waals surface area (Å²) in [6.45, 7) is 2.46. The van der Waals surface area contributed by atoms with E-state index in [1.165, 1.54) is 0 Å². The smallest absolute Gasteiger partial charge is 0.229 e. The van der Waals surface area contributed by atoms with E-state index in [-0.39, 0.29) is 24.2 Å². The molecule has 0 radical (unpaired) electrons. The van der Waals surface area contributed by atoms with E-state index in [1.54, 1.807) is 4.90 Å². The first-order chi connectivity index (χ1) is 11.6. The number of halogens is 1. The maximum Gasteiger partial charge on any atom is 0.229 e. The first kappa shape index (κ1) is 16.7. The highest BCUT2D eigenvalue weighted by Gasteiger charge is 2.35. The first-order valence-corrected chi connectivity index (χ1v) is 8.83. The number of carbonyl (C=O) groups is 2. The zero-order valence-electron chi connectivity index (χ0n) is 13.5. The number of para-hydroxylation sites is 2. The summed E-state index contributed by atoms with van der Waals surface area (Å²) in [7, 11) is 0. The third-order valence-corrected chi connectivity index (χ3v) is 4.97. The van der Waals surface area contributed by atoms with Gasteiger partial charge in [-0.1, -0.05) is 37.3 Å². The zero-order chi connectivity index (χ0) is 17.1. The highest BCUT2D eigenvalue weighted by Crippen LogP contribution is 2.31. The Morgan fingerprint density at radius 1 is 1.21 bits per heavy atom. The zero-order valence-corrected chi connectivity index (χ0v) is 15.0. The van der Waals surface area contributed by atoms with Gasteiger partial charge in [0.2, 0.25) is 11.8 Å². The van der Waals surface area contributed by atoms with Crippen molar-refractivity contribution < 1.29 is 9.59 Å². The van der Waals surface area contributed by atoms with Crippen molar-refractivity contribution in [2.45, 2.75) is 19.8 Å². The number of carbonyl (C=O) groups excluding carboxylic acids is 2. The van der Waals surface area contributed by atoms with Crippen LogP contribution in [0.5, 0.6) is 0 Å². The summed E-state index contributed by atoms with van der Waals surface area (Å²) in [5, 5.41) is 2.98. The third kappa shape index (κ3) is 3.36. The number of hydrogen-bond donors (Lipinski definition) is 1. The molecule has 1 saturated heterocycles. The molecule has 0 aliphatic carbocycles. The van der Waals surface area contributed by atoms with E-state index in [1.807, 2.05) is 48.5 Å². The van der Waals surface area contributed by atoms with Crippen LogP contribution in [0.25, 0.3) is 0 Å². The highest BCUT2D eigenvalue weighted by molar-refractivity contribution is 9.10. The Kier molecular flexibility index (Phi) is 5.00. The van der Waals surface area contributed by atoms with E-state index in [0.29, 0.717) is 6.54 Å². The van der Waals surface area contributed by atoms with Crippen LogP contribution in [0.15, 0.2) is 53.0 Å². The minimum atomic E-state index is -0.338. The molecule has 1 atom stereocenters. The second kappa shape index (κ2) is 7.18. The third-order valence-electron chi connectivity index (χ3n) is 4.30. The summed E-state index contributed by atoms with van der Waals surface area (Å²) in [6, 6.07) is 15.3. The van der Waals surface area contributed by atoms with Crippen LogP contribution in [-0.4, -0.2) is 18.4 Å². The van der Waals surface area contributed by atoms with Crippen LogP contribution in [-0.2, 0) is 16.0 Å². The molecule has 0 spiro atoms. The van der Waals surface area contributed by atoms with Crippen LogP contribution >= 0.6 is 15.9 Å². The molecule has 1 aliphatic rings. The molecule has 1 heterocycles. The topological polar surface area (TPSA) is 49.4 Å². The van der Waals surface area contributed by atoms with E-state index in [4.69, 9.17) is 0 Å². The molecule has 3 rings (SSSR count).